The van der Waals surface area contributed by atoms with Crippen LogP contribution in [0.25, 0.3) is 0 Å². The first-order valence-electron chi connectivity index (χ1n) is 4.52. The molecule has 7 heteroatoms. The maximum absolute atomic E-state index is 10.8. The first kappa shape index (κ1) is 13.6. The molecule has 0 aliphatic carbocycles. The Kier molecular flexibility index (Phi) is 4.60. The summed E-state index contributed by atoms with van der Waals surface area (Å²) in [6.07, 6.45) is -1.54. The molecule has 2 N–H and O–H groups in total. The van der Waals surface area contributed by atoms with Gasteiger partial charge in [0.2, 0.25) is 0 Å². The van der Waals surface area contributed by atoms with E-state index in [9.17, 15) is 9.59 Å². The number of ether oxygens (including phenoxy) is 1. The number of nitrogens with one attached hydrogen (secondary N) is 1. The molecule has 0 radical (unpaired) electrons. The summed E-state index contributed by atoms with van der Waals surface area (Å²) in [5.74, 6) is -2.08. The van der Waals surface area contributed by atoms with Gasteiger partial charge in [-0.15, -0.1) is 0 Å². The zero-order valence-corrected chi connectivity index (χ0v) is 10.2. The van der Waals surface area contributed by atoms with Crippen molar-refractivity contribution in [1.82, 2.24) is 0 Å². The lowest BCUT2D eigenvalue weighted by Crippen LogP contribution is -2.33. The molecule has 0 aromatic heterocycles. The van der Waals surface area contributed by atoms with E-state index in [1.807, 2.05) is 0 Å². The number of halogens is 2. The van der Waals surface area contributed by atoms with Crippen LogP contribution in [0, 0.1) is 0 Å². The fourth-order valence-corrected chi connectivity index (χ4v) is 1.58. The number of carboxylic acid groups (broad SMARTS) is 1. The van der Waals surface area contributed by atoms with Crippen molar-refractivity contribution in [3.05, 3.63) is 28.2 Å². The van der Waals surface area contributed by atoms with E-state index in [-0.39, 0.29) is 15.7 Å². The summed E-state index contributed by atoms with van der Waals surface area (Å²) >= 11 is 11.7. The fraction of sp³-hybridized carbons (Fsp3) is 0.200. The second kappa shape index (κ2) is 5.75. The highest BCUT2D eigenvalue weighted by Crippen LogP contribution is 2.30. The highest BCUT2D eigenvalue weighted by atomic mass is 35.5. The number of carbonyl (C=O) groups is 2. The molecule has 0 saturated heterocycles. The van der Waals surface area contributed by atoms with Crippen LogP contribution in [0.2, 0.25) is 10.0 Å². The Labute approximate surface area is 107 Å². The summed E-state index contributed by atoms with van der Waals surface area (Å²) in [6, 6.07) is 4.67. The number of aliphatic carboxylic acids is 1. The number of carbonyl (C=O) groups excluding carboxylic acids is 1. The Morgan fingerprint density at radius 1 is 1.35 bits per heavy atom. The molecule has 1 rings (SSSR count). The Hall–Kier alpha value is -1.46. The molecule has 0 heterocycles. The van der Waals surface area contributed by atoms with Gasteiger partial charge in [0, 0.05) is 6.92 Å². The van der Waals surface area contributed by atoms with E-state index in [0.717, 1.165) is 6.92 Å². The maximum Gasteiger partial charge on any atom is 0.366 e. The van der Waals surface area contributed by atoms with Gasteiger partial charge in [-0.1, -0.05) is 29.3 Å². The van der Waals surface area contributed by atoms with Gasteiger partial charge in [-0.2, -0.15) is 0 Å². The van der Waals surface area contributed by atoms with Crippen LogP contribution in [0.4, 0.5) is 5.69 Å². The lowest BCUT2D eigenvalue weighted by atomic mass is 10.3. The minimum absolute atomic E-state index is 0.199. The molecule has 17 heavy (non-hydrogen) atoms. The molecule has 0 amide bonds. The molecule has 1 unspecified atom stereocenters. The van der Waals surface area contributed by atoms with Crippen LogP contribution < -0.4 is 5.32 Å². The zero-order chi connectivity index (χ0) is 13.0. The molecule has 5 nitrogen and oxygen atoms in total. The standard InChI is InChI=1S/C10H9Cl2NO4/c1-5(14)17-9(10(15)16)13-8-6(11)3-2-4-7(8)12/h2-4,9,13H,1H3,(H,15,16). The molecule has 0 bridgehead atoms. The van der Waals surface area contributed by atoms with E-state index in [1.165, 1.54) is 12.1 Å². The van der Waals surface area contributed by atoms with E-state index in [1.54, 1.807) is 6.07 Å². The van der Waals surface area contributed by atoms with Crippen molar-refractivity contribution in [3.8, 4) is 0 Å². The van der Waals surface area contributed by atoms with Gasteiger partial charge in [-0.3, -0.25) is 4.79 Å². The molecule has 1 atom stereocenters. The van der Waals surface area contributed by atoms with Gasteiger partial charge in [-0.05, 0) is 12.1 Å². The Morgan fingerprint density at radius 3 is 2.29 bits per heavy atom. The summed E-state index contributed by atoms with van der Waals surface area (Å²) in [5.41, 5.74) is 0.199. The van der Waals surface area contributed by atoms with Crippen molar-refractivity contribution in [2.45, 2.75) is 13.2 Å². The number of para-hydroxylation sites is 1. The summed E-state index contributed by atoms with van der Waals surface area (Å²) in [5, 5.41) is 11.7. The quantitative estimate of drug-likeness (QED) is 0.653. The van der Waals surface area contributed by atoms with Crippen LogP contribution >= 0.6 is 23.2 Å². The third-order valence-electron chi connectivity index (χ3n) is 1.75. The van der Waals surface area contributed by atoms with Crippen molar-refractivity contribution >= 4 is 40.8 Å². The van der Waals surface area contributed by atoms with Crippen molar-refractivity contribution in [3.63, 3.8) is 0 Å². The molecule has 0 spiro atoms. The largest absolute Gasteiger partial charge is 0.477 e. The van der Waals surface area contributed by atoms with Crippen LogP contribution in [0.1, 0.15) is 6.92 Å². The van der Waals surface area contributed by atoms with Gasteiger partial charge >= 0.3 is 11.9 Å². The van der Waals surface area contributed by atoms with E-state index >= 15 is 0 Å². The van der Waals surface area contributed by atoms with Crippen LogP contribution in [0.15, 0.2) is 18.2 Å². The van der Waals surface area contributed by atoms with E-state index in [2.05, 4.69) is 10.1 Å². The second-order valence-corrected chi connectivity index (χ2v) is 3.88. The van der Waals surface area contributed by atoms with Crippen molar-refractivity contribution in [2.24, 2.45) is 0 Å². The van der Waals surface area contributed by atoms with Gasteiger partial charge in [0.1, 0.15) is 0 Å². The van der Waals surface area contributed by atoms with Crippen LogP contribution in [0.5, 0.6) is 0 Å². The number of benzene rings is 1. The summed E-state index contributed by atoms with van der Waals surface area (Å²) in [4.78, 5) is 21.6. The monoisotopic (exact) mass is 277 g/mol. The molecule has 0 fully saturated rings. The zero-order valence-electron chi connectivity index (χ0n) is 8.74. The Bertz CT molecular complexity index is 430. The molecular weight excluding hydrogens is 269 g/mol. The minimum atomic E-state index is -1.54. The molecule has 0 aliphatic heterocycles. The normalized spacial score (nSPS) is 11.7. The first-order valence-corrected chi connectivity index (χ1v) is 5.28. The van der Waals surface area contributed by atoms with Crippen molar-refractivity contribution in [1.29, 1.82) is 0 Å². The lowest BCUT2D eigenvalue weighted by molar-refractivity contribution is -0.160. The topological polar surface area (TPSA) is 75.6 Å². The number of rotatable bonds is 4. The number of carboxylic acids is 1. The average Bonchev–Trinajstić information content (AvgIpc) is 2.21. The lowest BCUT2D eigenvalue weighted by Gasteiger charge is -2.17. The summed E-state index contributed by atoms with van der Waals surface area (Å²) in [7, 11) is 0. The third-order valence-corrected chi connectivity index (χ3v) is 2.38. The fourth-order valence-electron chi connectivity index (χ4n) is 1.07. The SMILES string of the molecule is CC(=O)OC(Nc1c(Cl)cccc1Cl)C(=O)O. The summed E-state index contributed by atoms with van der Waals surface area (Å²) < 4.78 is 4.56. The predicted octanol–water partition coefficient (Wildman–Crippen LogP) is 2.38. The Morgan fingerprint density at radius 2 is 1.88 bits per heavy atom. The molecular formula is C10H9Cl2NO4. The number of hydrogen-bond donors (Lipinski definition) is 2. The minimum Gasteiger partial charge on any atom is -0.477 e. The van der Waals surface area contributed by atoms with E-state index in [4.69, 9.17) is 28.3 Å². The number of esters is 1. The van der Waals surface area contributed by atoms with Gasteiger partial charge < -0.3 is 15.2 Å². The average molecular weight is 278 g/mol. The van der Waals surface area contributed by atoms with Crippen LogP contribution in [-0.4, -0.2) is 23.3 Å². The highest BCUT2D eigenvalue weighted by Gasteiger charge is 2.22. The number of anilines is 1. The summed E-state index contributed by atoms with van der Waals surface area (Å²) in [6.45, 7) is 1.10. The molecule has 92 valence electrons. The number of hydrogen-bond acceptors (Lipinski definition) is 4. The van der Waals surface area contributed by atoms with E-state index in [0.29, 0.717) is 0 Å². The highest BCUT2D eigenvalue weighted by molar-refractivity contribution is 6.39. The first-order chi connectivity index (χ1) is 7.91. The van der Waals surface area contributed by atoms with Gasteiger partial charge in [0.05, 0.1) is 15.7 Å². The van der Waals surface area contributed by atoms with Crippen LogP contribution in [0.3, 0.4) is 0 Å². The van der Waals surface area contributed by atoms with Gasteiger partial charge in [0.25, 0.3) is 6.23 Å². The van der Waals surface area contributed by atoms with Gasteiger partial charge in [0.15, 0.2) is 0 Å². The van der Waals surface area contributed by atoms with Crippen LogP contribution in [-0.2, 0) is 14.3 Å². The predicted molar refractivity (Wildman–Crippen MR) is 63.3 cm³/mol. The molecule has 0 aliphatic rings. The molecule has 0 saturated carbocycles. The van der Waals surface area contributed by atoms with Gasteiger partial charge in [-0.25, -0.2) is 4.79 Å². The van der Waals surface area contributed by atoms with Crippen molar-refractivity contribution in [2.75, 3.05) is 5.32 Å². The second-order valence-electron chi connectivity index (χ2n) is 3.07. The smallest absolute Gasteiger partial charge is 0.366 e. The Balaban J connectivity index is 2.93. The van der Waals surface area contributed by atoms with E-state index < -0.39 is 18.2 Å². The third kappa shape index (κ3) is 3.80. The molecule has 1 aromatic carbocycles. The maximum atomic E-state index is 10.8. The molecule has 1 aromatic rings. The van der Waals surface area contributed by atoms with Crippen molar-refractivity contribution < 1.29 is 19.4 Å².